The van der Waals surface area contributed by atoms with E-state index >= 15 is 0 Å². The maximum atomic E-state index is 12.4. The first kappa shape index (κ1) is 12.9. The van der Waals surface area contributed by atoms with Gasteiger partial charge in [0.1, 0.15) is 5.78 Å². The summed E-state index contributed by atoms with van der Waals surface area (Å²) in [7, 11) is 0. The first-order valence-electron chi connectivity index (χ1n) is 6.85. The lowest BCUT2D eigenvalue weighted by Gasteiger charge is -2.46. The number of halogens is 1. The minimum Gasteiger partial charge on any atom is -0.299 e. The average Bonchev–Trinajstić information content (AvgIpc) is 2.45. The number of rotatable bonds is 3. The van der Waals surface area contributed by atoms with Crippen LogP contribution >= 0.6 is 15.9 Å². The van der Waals surface area contributed by atoms with Crippen LogP contribution in [0.3, 0.4) is 0 Å². The number of benzene rings is 2. The summed E-state index contributed by atoms with van der Waals surface area (Å²) in [4.78, 5) is 12.7. The van der Waals surface area contributed by atoms with E-state index in [0.717, 1.165) is 12.8 Å². The SMILES string of the molecule is CCC(=O)C1(c2ccc3ccccc3c2)CCC1Br. The van der Waals surface area contributed by atoms with Gasteiger partial charge in [0, 0.05) is 11.2 Å². The van der Waals surface area contributed by atoms with Gasteiger partial charge in [-0.1, -0.05) is 65.3 Å². The minimum atomic E-state index is -0.293. The largest absolute Gasteiger partial charge is 0.299 e. The Kier molecular flexibility index (Phi) is 3.22. The van der Waals surface area contributed by atoms with Gasteiger partial charge in [-0.2, -0.15) is 0 Å². The highest BCUT2D eigenvalue weighted by Crippen LogP contribution is 2.49. The van der Waals surface area contributed by atoms with Crippen LogP contribution < -0.4 is 0 Å². The van der Waals surface area contributed by atoms with Crippen LogP contribution in [-0.2, 0) is 10.2 Å². The van der Waals surface area contributed by atoms with E-state index in [1.165, 1.54) is 16.3 Å². The fourth-order valence-electron chi connectivity index (χ4n) is 3.12. The van der Waals surface area contributed by atoms with E-state index < -0.39 is 0 Å². The zero-order valence-electron chi connectivity index (χ0n) is 11.0. The van der Waals surface area contributed by atoms with Crippen molar-refractivity contribution in [2.24, 2.45) is 0 Å². The van der Waals surface area contributed by atoms with Crippen molar-refractivity contribution in [2.45, 2.75) is 36.4 Å². The number of carbonyl (C=O) groups excluding carboxylic acids is 1. The van der Waals surface area contributed by atoms with Gasteiger partial charge >= 0.3 is 0 Å². The predicted molar refractivity (Wildman–Crippen MR) is 82.9 cm³/mol. The molecular weight excluding hydrogens is 300 g/mol. The van der Waals surface area contributed by atoms with Gasteiger partial charge in [0.15, 0.2) is 0 Å². The van der Waals surface area contributed by atoms with Crippen LogP contribution in [0.2, 0.25) is 0 Å². The van der Waals surface area contributed by atoms with E-state index in [0.29, 0.717) is 12.2 Å². The summed E-state index contributed by atoms with van der Waals surface area (Å²) in [5.74, 6) is 0.357. The first-order valence-corrected chi connectivity index (χ1v) is 7.76. The Hall–Kier alpha value is -1.15. The van der Waals surface area contributed by atoms with Crippen LogP contribution in [0.1, 0.15) is 31.7 Å². The number of ketones is 1. The van der Waals surface area contributed by atoms with Crippen molar-refractivity contribution in [2.75, 3.05) is 0 Å². The molecule has 98 valence electrons. The summed E-state index contributed by atoms with van der Waals surface area (Å²) in [6.45, 7) is 1.96. The van der Waals surface area contributed by atoms with Crippen LogP contribution in [0, 0.1) is 0 Å². The van der Waals surface area contributed by atoms with E-state index in [1.54, 1.807) is 0 Å². The number of hydrogen-bond acceptors (Lipinski definition) is 1. The Labute approximate surface area is 122 Å². The van der Waals surface area contributed by atoms with Gasteiger partial charge in [-0.15, -0.1) is 0 Å². The molecule has 3 rings (SSSR count). The molecule has 0 spiro atoms. The molecule has 19 heavy (non-hydrogen) atoms. The molecule has 1 aliphatic carbocycles. The molecule has 0 radical (unpaired) electrons. The molecule has 0 aliphatic heterocycles. The summed E-state index contributed by atoms with van der Waals surface area (Å²) in [6, 6.07) is 14.8. The third-order valence-corrected chi connectivity index (χ3v) is 5.65. The van der Waals surface area contributed by atoms with Gasteiger partial charge in [0.25, 0.3) is 0 Å². The molecule has 1 fully saturated rings. The second kappa shape index (κ2) is 4.75. The lowest BCUT2D eigenvalue weighted by Crippen LogP contribution is -2.51. The molecule has 0 heterocycles. The highest BCUT2D eigenvalue weighted by atomic mass is 79.9. The lowest BCUT2D eigenvalue weighted by molar-refractivity contribution is -0.126. The van der Waals surface area contributed by atoms with E-state index in [4.69, 9.17) is 0 Å². The van der Waals surface area contributed by atoms with Crippen molar-refractivity contribution in [1.29, 1.82) is 0 Å². The van der Waals surface area contributed by atoms with Gasteiger partial charge in [-0.05, 0) is 29.2 Å². The van der Waals surface area contributed by atoms with E-state index in [9.17, 15) is 4.79 Å². The number of carbonyl (C=O) groups is 1. The van der Waals surface area contributed by atoms with Crippen LogP contribution in [0.4, 0.5) is 0 Å². The summed E-state index contributed by atoms with van der Waals surface area (Å²) < 4.78 is 0. The van der Waals surface area contributed by atoms with Crippen LogP contribution in [0.15, 0.2) is 42.5 Å². The Bertz CT molecular complexity index is 634. The van der Waals surface area contributed by atoms with Crippen LogP contribution in [0.25, 0.3) is 10.8 Å². The molecule has 2 aromatic rings. The maximum absolute atomic E-state index is 12.4. The highest BCUT2D eigenvalue weighted by Gasteiger charge is 2.51. The van der Waals surface area contributed by atoms with Gasteiger partial charge in [0.2, 0.25) is 0 Å². The van der Waals surface area contributed by atoms with Crippen molar-refractivity contribution in [3.05, 3.63) is 48.0 Å². The zero-order chi connectivity index (χ0) is 13.5. The molecule has 0 amide bonds. The van der Waals surface area contributed by atoms with Crippen LogP contribution in [0.5, 0.6) is 0 Å². The summed E-state index contributed by atoms with van der Waals surface area (Å²) >= 11 is 3.71. The van der Waals surface area contributed by atoms with E-state index in [1.807, 2.05) is 19.1 Å². The first-order chi connectivity index (χ1) is 9.18. The predicted octanol–water partition coefficient (Wildman–Crippen LogP) is 4.61. The highest BCUT2D eigenvalue weighted by molar-refractivity contribution is 9.09. The molecule has 0 bridgehead atoms. The van der Waals surface area contributed by atoms with Gasteiger partial charge in [0.05, 0.1) is 5.41 Å². The Morgan fingerprint density at radius 1 is 1.26 bits per heavy atom. The van der Waals surface area contributed by atoms with Crippen molar-refractivity contribution in [3.63, 3.8) is 0 Å². The van der Waals surface area contributed by atoms with Crippen molar-refractivity contribution < 1.29 is 4.79 Å². The molecule has 1 aliphatic rings. The lowest BCUT2D eigenvalue weighted by atomic mass is 9.61. The smallest absolute Gasteiger partial charge is 0.144 e. The fraction of sp³-hybridized carbons (Fsp3) is 0.353. The van der Waals surface area contributed by atoms with E-state index in [-0.39, 0.29) is 10.2 Å². The van der Waals surface area contributed by atoms with E-state index in [2.05, 4.69) is 46.3 Å². The molecule has 1 nitrogen and oxygen atoms in total. The van der Waals surface area contributed by atoms with Crippen LogP contribution in [-0.4, -0.2) is 10.6 Å². The number of hydrogen-bond donors (Lipinski definition) is 0. The number of Topliss-reactive ketones (excluding diaryl/α,β-unsaturated/α-hetero) is 1. The topological polar surface area (TPSA) is 17.1 Å². The average molecular weight is 317 g/mol. The molecule has 1 saturated carbocycles. The second-order valence-electron chi connectivity index (χ2n) is 5.32. The third-order valence-electron chi connectivity index (χ3n) is 4.41. The Morgan fingerprint density at radius 3 is 2.58 bits per heavy atom. The molecular formula is C17H17BrO. The standard InChI is InChI=1S/C17H17BrO/c1-2-16(19)17(10-9-15(17)18)14-8-7-12-5-3-4-6-13(12)11-14/h3-8,11,15H,2,9-10H2,1H3. The number of fused-ring (bicyclic) bond motifs is 1. The second-order valence-corrected chi connectivity index (χ2v) is 6.42. The molecule has 2 aromatic carbocycles. The summed E-state index contributed by atoms with van der Waals surface area (Å²) in [5.41, 5.74) is 0.880. The molecule has 2 heteroatoms. The zero-order valence-corrected chi connectivity index (χ0v) is 12.6. The Morgan fingerprint density at radius 2 is 2.00 bits per heavy atom. The van der Waals surface area contributed by atoms with Crippen molar-refractivity contribution in [3.8, 4) is 0 Å². The van der Waals surface area contributed by atoms with Gasteiger partial charge in [-0.25, -0.2) is 0 Å². The molecule has 0 aromatic heterocycles. The molecule has 2 unspecified atom stereocenters. The fourth-order valence-corrected chi connectivity index (χ4v) is 4.10. The Balaban J connectivity index is 2.13. The van der Waals surface area contributed by atoms with Gasteiger partial charge in [-0.3, -0.25) is 4.79 Å². The molecule has 0 N–H and O–H groups in total. The number of alkyl halides is 1. The van der Waals surface area contributed by atoms with Crippen molar-refractivity contribution in [1.82, 2.24) is 0 Å². The maximum Gasteiger partial charge on any atom is 0.144 e. The van der Waals surface area contributed by atoms with Gasteiger partial charge < -0.3 is 0 Å². The van der Waals surface area contributed by atoms with Crippen molar-refractivity contribution >= 4 is 32.5 Å². The minimum absolute atomic E-state index is 0.286. The molecule has 0 saturated heterocycles. The quantitative estimate of drug-likeness (QED) is 0.755. The third kappa shape index (κ3) is 1.85. The summed E-state index contributed by atoms with van der Waals surface area (Å²) in [6.07, 6.45) is 2.65. The monoisotopic (exact) mass is 316 g/mol. The summed E-state index contributed by atoms with van der Waals surface area (Å²) in [5, 5.41) is 2.45. The normalized spacial score (nSPS) is 26.1. The molecule has 2 atom stereocenters.